The quantitative estimate of drug-likeness (QED) is 0.669. The lowest BCUT2D eigenvalue weighted by atomic mass is 10.2. The highest BCUT2D eigenvalue weighted by atomic mass is 32.2. The van der Waals surface area contributed by atoms with Gasteiger partial charge in [0.1, 0.15) is 0 Å². The Labute approximate surface area is 89.0 Å². The molecule has 0 radical (unpaired) electrons. The van der Waals surface area contributed by atoms with Crippen molar-refractivity contribution in [1.29, 1.82) is 0 Å². The summed E-state index contributed by atoms with van der Waals surface area (Å²) in [5.41, 5.74) is 0. The summed E-state index contributed by atoms with van der Waals surface area (Å²) in [5, 5.41) is 8.55. The molecule has 84 valence electrons. The number of carbonyl (C=O) groups is 1. The molecule has 0 rings (SSSR count). The van der Waals surface area contributed by atoms with Crippen LogP contribution in [-0.4, -0.2) is 43.0 Å². The van der Waals surface area contributed by atoms with Crippen LogP contribution in [0, 0.1) is 5.92 Å². The highest BCUT2D eigenvalue weighted by molar-refractivity contribution is 7.98. The fourth-order valence-corrected chi connectivity index (χ4v) is 3.23. The van der Waals surface area contributed by atoms with Crippen LogP contribution in [0.25, 0.3) is 0 Å². The minimum Gasteiger partial charge on any atom is -0.481 e. The first kappa shape index (κ1) is 13.8. The van der Waals surface area contributed by atoms with Crippen LogP contribution in [0.1, 0.15) is 13.3 Å². The monoisotopic (exact) mass is 240 g/mol. The molecule has 4 nitrogen and oxygen atoms in total. The standard InChI is InChI=1S/C8H16O4S2/c1-7(8(9)10)6-14(11,12)5-3-4-13-2/h7H,3-6H2,1-2H3,(H,9,10). The lowest BCUT2D eigenvalue weighted by Gasteiger charge is -2.06. The van der Waals surface area contributed by atoms with Crippen molar-refractivity contribution in [3.05, 3.63) is 0 Å². The van der Waals surface area contributed by atoms with Crippen LogP contribution in [0.2, 0.25) is 0 Å². The summed E-state index contributed by atoms with van der Waals surface area (Å²) in [4.78, 5) is 10.4. The Bertz CT molecular complexity index is 271. The van der Waals surface area contributed by atoms with E-state index in [1.807, 2.05) is 6.26 Å². The van der Waals surface area contributed by atoms with E-state index < -0.39 is 21.7 Å². The second kappa shape index (κ2) is 6.29. The summed E-state index contributed by atoms with van der Waals surface area (Å²) in [6, 6.07) is 0. The fraction of sp³-hybridized carbons (Fsp3) is 0.875. The minimum absolute atomic E-state index is 0.0888. The molecule has 0 saturated heterocycles. The molecule has 6 heteroatoms. The third-order valence-corrected chi connectivity index (χ3v) is 4.34. The maximum Gasteiger partial charge on any atom is 0.307 e. The van der Waals surface area contributed by atoms with E-state index in [-0.39, 0.29) is 11.5 Å². The van der Waals surface area contributed by atoms with E-state index in [0.29, 0.717) is 6.42 Å². The molecule has 0 aromatic carbocycles. The molecule has 0 aliphatic heterocycles. The molecule has 0 saturated carbocycles. The topological polar surface area (TPSA) is 71.4 Å². The Morgan fingerprint density at radius 1 is 1.50 bits per heavy atom. The molecule has 0 aliphatic rings. The zero-order chi connectivity index (χ0) is 11.2. The lowest BCUT2D eigenvalue weighted by molar-refractivity contribution is -0.140. The highest BCUT2D eigenvalue weighted by Gasteiger charge is 2.20. The van der Waals surface area contributed by atoms with Gasteiger partial charge in [0.15, 0.2) is 9.84 Å². The molecule has 0 heterocycles. The van der Waals surface area contributed by atoms with E-state index >= 15 is 0 Å². The number of rotatable bonds is 7. The lowest BCUT2D eigenvalue weighted by Crippen LogP contribution is -2.23. The van der Waals surface area contributed by atoms with Crippen molar-refractivity contribution >= 4 is 27.6 Å². The van der Waals surface area contributed by atoms with Crippen molar-refractivity contribution in [1.82, 2.24) is 0 Å². The molecule has 0 fully saturated rings. The van der Waals surface area contributed by atoms with E-state index in [1.54, 1.807) is 11.8 Å². The third kappa shape index (κ3) is 6.26. The molecule has 0 aromatic rings. The second-order valence-corrected chi connectivity index (χ2v) is 6.41. The molecular formula is C8H16O4S2. The van der Waals surface area contributed by atoms with Gasteiger partial charge in [0.25, 0.3) is 0 Å². The molecule has 1 unspecified atom stereocenters. The first-order chi connectivity index (χ1) is 6.39. The number of hydrogen-bond donors (Lipinski definition) is 1. The largest absolute Gasteiger partial charge is 0.481 e. The van der Waals surface area contributed by atoms with Crippen LogP contribution >= 0.6 is 11.8 Å². The van der Waals surface area contributed by atoms with Crippen molar-refractivity contribution in [3.63, 3.8) is 0 Å². The molecule has 0 amide bonds. The predicted octanol–water partition coefficient (Wildman–Crippen LogP) is 0.875. The number of carboxylic acids is 1. The summed E-state index contributed by atoms with van der Waals surface area (Å²) in [6.07, 6.45) is 2.50. The van der Waals surface area contributed by atoms with Gasteiger partial charge in [-0.1, -0.05) is 6.92 Å². The van der Waals surface area contributed by atoms with Gasteiger partial charge in [0, 0.05) is 0 Å². The van der Waals surface area contributed by atoms with Gasteiger partial charge in [-0.15, -0.1) is 0 Å². The predicted molar refractivity (Wildman–Crippen MR) is 58.5 cm³/mol. The van der Waals surface area contributed by atoms with Gasteiger partial charge in [-0.25, -0.2) is 8.42 Å². The Hall–Kier alpha value is -0.230. The number of hydrogen-bond acceptors (Lipinski definition) is 4. The van der Waals surface area contributed by atoms with Crippen LogP contribution < -0.4 is 0 Å². The van der Waals surface area contributed by atoms with Crippen molar-refractivity contribution in [2.24, 2.45) is 5.92 Å². The summed E-state index contributed by atoms with van der Waals surface area (Å²) in [6.45, 7) is 1.41. The average Bonchev–Trinajstić information content (AvgIpc) is 2.03. The first-order valence-electron chi connectivity index (χ1n) is 4.31. The van der Waals surface area contributed by atoms with Gasteiger partial charge in [0.2, 0.25) is 0 Å². The van der Waals surface area contributed by atoms with Gasteiger partial charge in [-0.3, -0.25) is 4.79 Å². The fourth-order valence-electron chi connectivity index (χ4n) is 0.959. The summed E-state index contributed by atoms with van der Waals surface area (Å²) < 4.78 is 22.7. The van der Waals surface area contributed by atoms with E-state index in [4.69, 9.17) is 5.11 Å². The first-order valence-corrected chi connectivity index (χ1v) is 7.52. The highest BCUT2D eigenvalue weighted by Crippen LogP contribution is 2.05. The maximum absolute atomic E-state index is 11.3. The van der Waals surface area contributed by atoms with Crippen LogP contribution in [0.5, 0.6) is 0 Å². The molecule has 1 atom stereocenters. The maximum atomic E-state index is 11.3. The van der Waals surface area contributed by atoms with Gasteiger partial charge >= 0.3 is 5.97 Å². The van der Waals surface area contributed by atoms with E-state index in [1.165, 1.54) is 6.92 Å². The van der Waals surface area contributed by atoms with Crippen molar-refractivity contribution in [2.75, 3.05) is 23.5 Å². The smallest absolute Gasteiger partial charge is 0.307 e. The molecular weight excluding hydrogens is 224 g/mol. The summed E-state index contributed by atoms with van der Waals surface area (Å²) in [7, 11) is -3.19. The van der Waals surface area contributed by atoms with Crippen LogP contribution in [-0.2, 0) is 14.6 Å². The van der Waals surface area contributed by atoms with Gasteiger partial charge in [-0.05, 0) is 18.4 Å². The zero-order valence-corrected chi connectivity index (χ0v) is 10.0. The van der Waals surface area contributed by atoms with Crippen LogP contribution in [0.4, 0.5) is 0 Å². The molecule has 14 heavy (non-hydrogen) atoms. The minimum atomic E-state index is -3.19. The van der Waals surface area contributed by atoms with E-state index in [0.717, 1.165) is 5.75 Å². The molecule has 1 N–H and O–H groups in total. The number of carboxylic acid groups (broad SMARTS) is 1. The second-order valence-electron chi connectivity index (χ2n) is 3.20. The number of sulfone groups is 1. The van der Waals surface area contributed by atoms with Crippen LogP contribution in [0.15, 0.2) is 0 Å². The number of aliphatic carboxylic acids is 1. The van der Waals surface area contributed by atoms with Crippen molar-refractivity contribution < 1.29 is 18.3 Å². The Morgan fingerprint density at radius 2 is 2.07 bits per heavy atom. The number of thioether (sulfide) groups is 1. The van der Waals surface area contributed by atoms with Gasteiger partial charge < -0.3 is 5.11 Å². The van der Waals surface area contributed by atoms with E-state index in [2.05, 4.69) is 0 Å². The Balaban J connectivity index is 4.01. The summed E-state index contributed by atoms with van der Waals surface area (Å²) in [5.74, 6) is -1.24. The Morgan fingerprint density at radius 3 is 2.50 bits per heavy atom. The SMILES string of the molecule is CSCCCS(=O)(=O)CC(C)C(=O)O. The molecule has 0 aliphatic carbocycles. The Kier molecular flexibility index (Phi) is 6.19. The zero-order valence-electron chi connectivity index (χ0n) is 8.39. The normalized spacial score (nSPS) is 13.9. The molecule has 0 aromatic heterocycles. The summed E-state index contributed by atoms with van der Waals surface area (Å²) >= 11 is 1.59. The average molecular weight is 240 g/mol. The molecule has 0 spiro atoms. The third-order valence-electron chi connectivity index (χ3n) is 1.73. The van der Waals surface area contributed by atoms with E-state index in [9.17, 15) is 13.2 Å². The molecule has 0 bridgehead atoms. The van der Waals surface area contributed by atoms with Gasteiger partial charge in [0.05, 0.1) is 17.4 Å². The van der Waals surface area contributed by atoms with Crippen LogP contribution in [0.3, 0.4) is 0 Å². The van der Waals surface area contributed by atoms with Crippen molar-refractivity contribution in [2.45, 2.75) is 13.3 Å². The van der Waals surface area contributed by atoms with Crippen molar-refractivity contribution in [3.8, 4) is 0 Å². The van der Waals surface area contributed by atoms with Gasteiger partial charge in [-0.2, -0.15) is 11.8 Å².